The average Bonchev–Trinajstić information content (AvgIpc) is 2.05. The molecule has 1 aromatic carbocycles. The van der Waals surface area contributed by atoms with Crippen molar-refractivity contribution in [1.82, 2.24) is 0 Å². The van der Waals surface area contributed by atoms with Crippen molar-refractivity contribution in [2.45, 2.75) is 19.3 Å². The molecular formula is C10H12BrCl. The highest BCUT2D eigenvalue weighted by molar-refractivity contribution is 9.10. The van der Waals surface area contributed by atoms with E-state index in [9.17, 15) is 0 Å². The predicted octanol–water partition coefficient (Wildman–Crippen LogP) is 4.18. The quantitative estimate of drug-likeness (QED) is 0.703. The molecule has 1 unspecified atom stereocenters. The maximum Gasteiger partial charge on any atom is 0.0229 e. The first kappa shape index (κ1) is 10.1. The van der Waals surface area contributed by atoms with E-state index in [2.05, 4.69) is 41.1 Å². The van der Waals surface area contributed by atoms with E-state index in [-0.39, 0.29) is 0 Å². The Morgan fingerprint density at radius 1 is 1.50 bits per heavy atom. The fourth-order valence-corrected chi connectivity index (χ4v) is 1.89. The summed E-state index contributed by atoms with van der Waals surface area (Å²) >= 11 is 9.12. The minimum atomic E-state index is 0.556. The van der Waals surface area contributed by atoms with E-state index in [0.29, 0.717) is 5.92 Å². The largest absolute Gasteiger partial charge is 0.127 e. The zero-order chi connectivity index (χ0) is 8.97. The molecule has 0 aliphatic carbocycles. The van der Waals surface area contributed by atoms with E-state index in [0.717, 1.165) is 16.8 Å². The maximum atomic E-state index is 5.67. The molecule has 0 nitrogen and oxygen atoms in total. The molecule has 66 valence electrons. The lowest BCUT2D eigenvalue weighted by Crippen LogP contribution is -1.93. The van der Waals surface area contributed by atoms with Crippen LogP contribution in [0.2, 0.25) is 0 Å². The summed E-state index contributed by atoms with van der Waals surface area (Å²) in [6.45, 7) is 2.20. The number of alkyl halides is 1. The fourth-order valence-electron chi connectivity index (χ4n) is 1.14. The van der Waals surface area contributed by atoms with Gasteiger partial charge in [0.2, 0.25) is 0 Å². The second-order valence-electron chi connectivity index (χ2n) is 2.93. The summed E-state index contributed by atoms with van der Waals surface area (Å²) in [6, 6.07) is 8.39. The fraction of sp³-hybridized carbons (Fsp3) is 0.400. The van der Waals surface area contributed by atoms with Gasteiger partial charge < -0.3 is 0 Å². The van der Waals surface area contributed by atoms with Gasteiger partial charge in [-0.2, -0.15) is 0 Å². The number of hydrogen-bond donors (Lipinski definition) is 0. The summed E-state index contributed by atoms with van der Waals surface area (Å²) in [4.78, 5) is 0. The van der Waals surface area contributed by atoms with Crippen LogP contribution in [0.4, 0.5) is 0 Å². The van der Waals surface area contributed by atoms with Gasteiger partial charge in [-0.3, -0.25) is 0 Å². The van der Waals surface area contributed by atoms with Gasteiger partial charge >= 0.3 is 0 Å². The van der Waals surface area contributed by atoms with Gasteiger partial charge in [0, 0.05) is 10.4 Å². The number of halogens is 2. The molecule has 1 rings (SSSR count). The molecule has 0 fully saturated rings. The third-order valence-corrected chi connectivity index (χ3v) is 2.67. The van der Waals surface area contributed by atoms with E-state index in [1.807, 2.05) is 6.07 Å². The predicted molar refractivity (Wildman–Crippen MR) is 57.9 cm³/mol. The Bertz CT molecular complexity index is 247. The molecule has 0 amide bonds. The second kappa shape index (κ2) is 4.88. The van der Waals surface area contributed by atoms with Crippen molar-refractivity contribution < 1.29 is 0 Å². The monoisotopic (exact) mass is 246 g/mol. The van der Waals surface area contributed by atoms with Gasteiger partial charge in [0.25, 0.3) is 0 Å². The summed E-state index contributed by atoms with van der Waals surface area (Å²) in [6.07, 6.45) is 1.04. The summed E-state index contributed by atoms with van der Waals surface area (Å²) < 4.78 is 1.14. The normalized spacial score (nSPS) is 12.9. The molecule has 2 heteroatoms. The SMILES string of the molecule is CC(CCCl)c1cccc(Br)c1. The van der Waals surface area contributed by atoms with Gasteiger partial charge in [0.15, 0.2) is 0 Å². The van der Waals surface area contributed by atoms with Crippen molar-refractivity contribution in [2.24, 2.45) is 0 Å². The van der Waals surface area contributed by atoms with Gasteiger partial charge in [-0.1, -0.05) is 35.0 Å². The lowest BCUT2D eigenvalue weighted by molar-refractivity contribution is 0.738. The lowest BCUT2D eigenvalue weighted by Gasteiger charge is -2.09. The highest BCUT2D eigenvalue weighted by Gasteiger charge is 2.03. The molecule has 0 aliphatic heterocycles. The molecule has 1 atom stereocenters. The minimum absolute atomic E-state index is 0.556. The van der Waals surface area contributed by atoms with Gasteiger partial charge in [0.05, 0.1) is 0 Å². The molecule has 0 radical (unpaired) electrons. The first-order valence-corrected chi connectivity index (χ1v) is 5.38. The Morgan fingerprint density at radius 2 is 2.25 bits per heavy atom. The van der Waals surface area contributed by atoms with Crippen LogP contribution in [-0.2, 0) is 0 Å². The lowest BCUT2D eigenvalue weighted by atomic mass is 9.99. The molecule has 0 N–H and O–H groups in total. The Labute approximate surface area is 87.1 Å². The smallest absolute Gasteiger partial charge is 0.0229 e. The van der Waals surface area contributed by atoms with Gasteiger partial charge in [0.1, 0.15) is 0 Å². The van der Waals surface area contributed by atoms with Crippen LogP contribution in [0.15, 0.2) is 28.7 Å². The standard InChI is InChI=1S/C10H12BrCl/c1-8(5-6-12)9-3-2-4-10(11)7-9/h2-4,7-8H,5-6H2,1H3. The first-order chi connectivity index (χ1) is 5.74. The van der Waals surface area contributed by atoms with Crippen LogP contribution >= 0.6 is 27.5 Å². The van der Waals surface area contributed by atoms with Gasteiger partial charge in [-0.25, -0.2) is 0 Å². The van der Waals surface area contributed by atoms with Crippen LogP contribution < -0.4 is 0 Å². The molecule has 0 heterocycles. The van der Waals surface area contributed by atoms with Crippen LogP contribution in [-0.4, -0.2) is 5.88 Å². The summed E-state index contributed by atoms with van der Waals surface area (Å²) in [7, 11) is 0. The number of benzene rings is 1. The van der Waals surface area contributed by atoms with E-state index < -0.39 is 0 Å². The summed E-state index contributed by atoms with van der Waals surface area (Å²) in [5.41, 5.74) is 1.35. The molecule has 0 spiro atoms. The molecule has 0 saturated heterocycles. The molecule has 0 saturated carbocycles. The Morgan fingerprint density at radius 3 is 2.83 bits per heavy atom. The maximum absolute atomic E-state index is 5.67. The molecule has 12 heavy (non-hydrogen) atoms. The Balaban J connectivity index is 2.73. The van der Waals surface area contributed by atoms with Crippen LogP contribution in [0.1, 0.15) is 24.8 Å². The highest BCUT2D eigenvalue weighted by Crippen LogP contribution is 2.22. The van der Waals surface area contributed by atoms with E-state index in [1.165, 1.54) is 5.56 Å². The van der Waals surface area contributed by atoms with Crippen LogP contribution in [0.3, 0.4) is 0 Å². The topological polar surface area (TPSA) is 0 Å². The minimum Gasteiger partial charge on any atom is -0.127 e. The molecule has 0 aliphatic rings. The third kappa shape index (κ3) is 2.80. The van der Waals surface area contributed by atoms with Crippen molar-refractivity contribution in [1.29, 1.82) is 0 Å². The zero-order valence-corrected chi connectivity index (χ0v) is 9.40. The second-order valence-corrected chi connectivity index (χ2v) is 4.23. The number of rotatable bonds is 3. The molecule has 0 aromatic heterocycles. The van der Waals surface area contributed by atoms with Gasteiger partial charge in [-0.05, 0) is 30.0 Å². The van der Waals surface area contributed by atoms with Crippen molar-refractivity contribution in [2.75, 3.05) is 5.88 Å². The average molecular weight is 248 g/mol. The summed E-state index contributed by atoms with van der Waals surface area (Å²) in [5, 5.41) is 0. The zero-order valence-electron chi connectivity index (χ0n) is 7.06. The van der Waals surface area contributed by atoms with Crippen LogP contribution in [0.25, 0.3) is 0 Å². The third-order valence-electron chi connectivity index (χ3n) is 1.96. The molecule has 1 aromatic rings. The molecular weight excluding hydrogens is 235 g/mol. The molecule has 0 bridgehead atoms. The van der Waals surface area contributed by atoms with Gasteiger partial charge in [-0.15, -0.1) is 11.6 Å². The van der Waals surface area contributed by atoms with E-state index in [4.69, 9.17) is 11.6 Å². The van der Waals surface area contributed by atoms with Crippen molar-refractivity contribution >= 4 is 27.5 Å². The van der Waals surface area contributed by atoms with Crippen LogP contribution in [0, 0.1) is 0 Å². The Kier molecular flexibility index (Phi) is 4.10. The number of hydrogen-bond acceptors (Lipinski definition) is 0. The van der Waals surface area contributed by atoms with Crippen molar-refractivity contribution in [3.8, 4) is 0 Å². The van der Waals surface area contributed by atoms with Crippen molar-refractivity contribution in [3.63, 3.8) is 0 Å². The first-order valence-electron chi connectivity index (χ1n) is 4.05. The van der Waals surface area contributed by atoms with E-state index in [1.54, 1.807) is 0 Å². The Hall–Kier alpha value is -0.0100. The van der Waals surface area contributed by atoms with E-state index >= 15 is 0 Å². The van der Waals surface area contributed by atoms with Crippen molar-refractivity contribution in [3.05, 3.63) is 34.3 Å². The van der Waals surface area contributed by atoms with Crippen LogP contribution in [0.5, 0.6) is 0 Å². The summed E-state index contributed by atoms with van der Waals surface area (Å²) in [5.74, 6) is 1.29. The highest BCUT2D eigenvalue weighted by atomic mass is 79.9.